The zero-order chi connectivity index (χ0) is 29.3. The molecule has 0 aliphatic heterocycles. The Bertz CT molecular complexity index is 1380. The van der Waals surface area contributed by atoms with Gasteiger partial charge in [0.15, 0.2) is 0 Å². The minimum atomic E-state index is -4.16. The van der Waals surface area contributed by atoms with Gasteiger partial charge >= 0.3 is 0 Å². The Kier molecular flexibility index (Phi) is 11.0. The van der Waals surface area contributed by atoms with Gasteiger partial charge in [-0.05, 0) is 75.2 Å². The first kappa shape index (κ1) is 31.0. The number of nitrogens with one attached hydrogen (secondary N) is 1. The Hall–Kier alpha value is -3.56. The highest BCUT2D eigenvalue weighted by Gasteiger charge is 2.33. The SMILES string of the molecule is CCOc1ccc(S(=O)(=O)N(CC(=O)N(Cc2ccccc2Cl)[C@H](C)C(=O)N[C@@H](C)CC)c2ccccc2)cc1. The third-order valence-corrected chi connectivity index (χ3v) is 8.67. The van der Waals surface area contributed by atoms with E-state index < -0.39 is 28.5 Å². The van der Waals surface area contributed by atoms with Crippen molar-refractivity contribution in [1.82, 2.24) is 10.2 Å². The van der Waals surface area contributed by atoms with Crippen molar-refractivity contribution in [2.75, 3.05) is 17.5 Å². The highest BCUT2D eigenvalue weighted by molar-refractivity contribution is 7.92. The molecule has 0 saturated heterocycles. The molecular formula is C30H36ClN3O5S. The van der Waals surface area contributed by atoms with Crippen molar-refractivity contribution in [3.63, 3.8) is 0 Å². The quantitative estimate of drug-likeness (QED) is 0.295. The summed E-state index contributed by atoms with van der Waals surface area (Å²) in [5.74, 6) is -0.351. The number of anilines is 1. The van der Waals surface area contributed by atoms with Gasteiger partial charge in [-0.1, -0.05) is 54.9 Å². The Morgan fingerprint density at radius 2 is 1.55 bits per heavy atom. The molecule has 3 aromatic carbocycles. The molecule has 0 unspecified atom stereocenters. The molecule has 0 spiro atoms. The molecule has 8 nitrogen and oxygen atoms in total. The van der Waals surface area contributed by atoms with Gasteiger partial charge < -0.3 is 15.0 Å². The van der Waals surface area contributed by atoms with Crippen LogP contribution >= 0.6 is 11.6 Å². The van der Waals surface area contributed by atoms with Crippen molar-refractivity contribution in [3.8, 4) is 5.75 Å². The standard InChI is InChI=1S/C30H36ClN3O5S/c1-5-22(3)32-30(36)23(4)33(20-24-12-10-11-15-28(24)31)29(35)21-34(25-13-8-7-9-14-25)40(37,38)27-18-16-26(17-19-27)39-6-2/h7-19,22-23H,5-6,20-21H2,1-4H3,(H,32,36)/t22-,23+/m0/s1. The van der Waals surface area contributed by atoms with E-state index in [9.17, 15) is 18.0 Å². The molecule has 3 rings (SSSR count). The van der Waals surface area contributed by atoms with Gasteiger partial charge in [0.05, 0.1) is 17.2 Å². The molecule has 10 heteroatoms. The Balaban J connectivity index is 2.00. The van der Waals surface area contributed by atoms with Crippen LogP contribution in [-0.2, 0) is 26.2 Å². The molecule has 2 amide bonds. The lowest BCUT2D eigenvalue weighted by Crippen LogP contribution is -2.52. The molecule has 214 valence electrons. The summed E-state index contributed by atoms with van der Waals surface area (Å²) in [6.45, 7) is 7.24. The number of carbonyl (C=O) groups is 2. The maximum atomic E-state index is 13.9. The number of benzene rings is 3. The number of sulfonamides is 1. The predicted octanol–water partition coefficient (Wildman–Crippen LogP) is 5.27. The largest absolute Gasteiger partial charge is 0.494 e. The molecule has 0 heterocycles. The second-order valence-corrected chi connectivity index (χ2v) is 11.6. The molecule has 2 atom stereocenters. The summed E-state index contributed by atoms with van der Waals surface area (Å²) in [6, 6.07) is 20.5. The fraction of sp³-hybridized carbons (Fsp3) is 0.333. The highest BCUT2D eigenvalue weighted by Crippen LogP contribution is 2.26. The van der Waals surface area contributed by atoms with E-state index in [1.54, 1.807) is 73.7 Å². The van der Waals surface area contributed by atoms with E-state index in [1.807, 2.05) is 20.8 Å². The first-order valence-corrected chi connectivity index (χ1v) is 15.0. The Morgan fingerprint density at radius 3 is 2.15 bits per heavy atom. The summed E-state index contributed by atoms with van der Waals surface area (Å²) in [7, 11) is -4.16. The molecule has 0 saturated carbocycles. The molecule has 3 aromatic rings. The number of hydrogen-bond donors (Lipinski definition) is 1. The van der Waals surface area contributed by atoms with E-state index in [0.717, 1.165) is 10.7 Å². The average Bonchev–Trinajstić information content (AvgIpc) is 2.95. The van der Waals surface area contributed by atoms with Gasteiger partial charge in [-0.2, -0.15) is 0 Å². The smallest absolute Gasteiger partial charge is 0.264 e. The number of rotatable bonds is 13. The number of nitrogens with zero attached hydrogens (tertiary/aromatic N) is 2. The van der Waals surface area contributed by atoms with Crippen molar-refractivity contribution in [3.05, 3.63) is 89.4 Å². The lowest BCUT2D eigenvalue weighted by Gasteiger charge is -2.32. The van der Waals surface area contributed by atoms with Gasteiger partial charge in [0.1, 0.15) is 18.3 Å². The van der Waals surface area contributed by atoms with Crippen molar-refractivity contribution in [2.24, 2.45) is 0 Å². The predicted molar refractivity (Wildman–Crippen MR) is 158 cm³/mol. The van der Waals surface area contributed by atoms with Crippen LogP contribution in [0.15, 0.2) is 83.8 Å². The number of carbonyl (C=O) groups excluding carboxylic acids is 2. The maximum absolute atomic E-state index is 13.9. The highest BCUT2D eigenvalue weighted by atomic mass is 35.5. The molecule has 0 aliphatic carbocycles. The van der Waals surface area contributed by atoms with Crippen LogP contribution in [0.1, 0.15) is 39.7 Å². The number of halogens is 1. The summed E-state index contributed by atoms with van der Waals surface area (Å²) in [6.07, 6.45) is 0.721. The summed E-state index contributed by atoms with van der Waals surface area (Å²) >= 11 is 6.40. The van der Waals surface area contributed by atoms with E-state index in [-0.39, 0.29) is 23.4 Å². The van der Waals surface area contributed by atoms with Crippen molar-refractivity contribution in [2.45, 2.75) is 57.6 Å². The molecule has 0 radical (unpaired) electrons. The number of hydrogen-bond acceptors (Lipinski definition) is 5. The zero-order valence-electron chi connectivity index (χ0n) is 23.2. The summed E-state index contributed by atoms with van der Waals surface area (Å²) in [5, 5.41) is 3.35. The van der Waals surface area contributed by atoms with Crippen LogP contribution in [0.5, 0.6) is 5.75 Å². The number of amides is 2. The van der Waals surface area contributed by atoms with Crippen LogP contribution in [0.25, 0.3) is 0 Å². The minimum absolute atomic E-state index is 0.00724. The van der Waals surface area contributed by atoms with E-state index in [0.29, 0.717) is 28.6 Å². The summed E-state index contributed by atoms with van der Waals surface area (Å²) in [4.78, 5) is 28.4. The second-order valence-electron chi connectivity index (χ2n) is 9.36. The Morgan fingerprint density at radius 1 is 0.925 bits per heavy atom. The van der Waals surface area contributed by atoms with Crippen molar-refractivity contribution in [1.29, 1.82) is 0 Å². The minimum Gasteiger partial charge on any atom is -0.494 e. The summed E-state index contributed by atoms with van der Waals surface area (Å²) in [5.41, 5.74) is 0.959. The van der Waals surface area contributed by atoms with Gasteiger partial charge in [-0.3, -0.25) is 13.9 Å². The zero-order valence-corrected chi connectivity index (χ0v) is 24.8. The maximum Gasteiger partial charge on any atom is 0.264 e. The first-order valence-electron chi connectivity index (χ1n) is 13.2. The van der Waals surface area contributed by atoms with Crippen LogP contribution in [-0.4, -0.2) is 50.4 Å². The molecule has 0 aliphatic rings. The van der Waals surface area contributed by atoms with Gasteiger partial charge in [0.25, 0.3) is 10.0 Å². The van der Waals surface area contributed by atoms with Gasteiger partial charge in [-0.15, -0.1) is 0 Å². The van der Waals surface area contributed by atoms with E-state index >= 15 is 0 Å². The fourth-order valence-corrected chi connectivity index (χ4v) is 5.59. The molecule has 0 bridgehead atoms. The van der Waals surface area contributed by atoms with Crippen LogP contribution in [0.2, 0.25) is 5.02 Å². The molecule has 0 fully saturated rings. The molecule has 40 heavy (non-hydrogen) atoms. The molecule has 1 N–H and O–H groups in total. The van der Waals surface area contributed by atoms with Crippen molar-refractivity contribution < 1.29 is 22.7 Å². The lowest BCUT2D eigenvalue weighted by molar-refractivity contribution is -0.139. The third-order valence-electron chi connectivity index (χ3n) is 6.51. The topological polar surface area (TPSA) is 96.0 Å². The average molecular weight is 586 g/mol. The van der Waals surface area contributed by atoms with Crippen molar-refractivity contribution >= 4 is 39.1 Å². The molecular weight excluding hydrogens is 550 g/mol. The third kappa shape index (κ3) is 7.76. The molecule has 0 aromatic heterocycles. The van der Waals surface area contributed by atoms with Crippen LogP contribution < -0.4 is 14.4 Å². The van der Waals surface area contributed by atoms with E-state index in [4.69, 9.17) is 16.3 Å². The number of para-hydroxylation sites is 1. The monoisotopic (exact) mass is 585 g/mol. The summed E-state index contributed by atoms with van der Waals surface area (Å²) < 4.78 is 34.3. The van der Waals surface area contributed by atoms with Crippen LogP contribution in [0.4, 0.5) is 5.69 Å². The van der Waals surface area contributed by atoms with E-state index in [1.165, 1.54) is 17.0 Å². The normalized spacial score (nSPS) is 12.7. The van der Waals surface area contributed by atoms with E-state index in [2.05, 4.69) is 5.32 Å². The first-order chi connectivity index (χ1) is 19.1. The van der Waals surface area contributed by atoms with Gasteiger partial charge in [0, 0.05) is 17.6 Å². The van der Waals surface area contributed by atoms with Gasteiger partial charge in [-0.25, -0.2) is 8.42 Å². The number of ether oxygens (including phenoxy) is 1. The fourth-order valence-electron chi connectivity index (χ4n) is 3.98. The van der Waals surface area contributed by atoms with Crippen LogP contribution in [0.3, 0.4) is 0 Å². The Labute approximate surface area is 241 Å². The second kappa shape index (κ2) is 14.2. The van der Waals surface area contributed by atoms with Gasteiger partial charge in [0.2, 0.25) is 11.8 Å². The lowest BCUT2D eigenvalue weighted by atomic mass is 10.1. The van der Waals surface area contributed by atoms with Crippen LogP contribution in [0, 0.1) is 0 Å².